The molecule has 0 saturated carbocycles. The van der Waals surface area contributed by atoms with E-state index in [-0.39, 0.29) is 6.61 Å². The Balaban J connectivity index is 1.54. The minimum absolute atomic E-state index is 0.227. The Hall–Kier alpha value is -2.34. The molecular formula is C25H30ClN3O2. The highest BCUT2D eigenvalue weighted by Gasteiger charge is 2.22. The van der Waals surface area contributed by atoms with Crippen LogP contribution in [0.15, 0.2) is 48.5 Å². The van der Waals surface area contributed by atoms with Crippen LogP contribution in [0.2, 0.25) is 5.02 Å². The Bertz CT molecular complexity index is 1030. The number of piperidine rings is 1. The van der Waals surface area contributed by atoms with E-state index in [4.69, 9.17) is 21.3 Å². The van der Waals surface area contributed by atoms with Gasteiger partial charge in [-0.1, -0.05) is 23.7 Å². The number of halogens is 1. The molecule has 1 atom stereocenters. The van der Waals surface area contributed by atoms with Crippen LogP contribution in [0, 0.1) is 5.92 Å². The lowest BCUT2D eigenvalue weighted by atomic mass is 9.98. The Morgan fingerprint density at radius 1 is 1.23 bits per heavy atom. The van der Waals surface area contributed by atoms with Crippen LogP contribution in [-0.4, -0.2) is 43.4 Å². The molecule has 3 aromatic rings. The fourth-order valence-corrected chi connectivity index (χ4v) is 4.48. The number of aromatic nitrogens is 1. The molecule has 164 valence electrons. The van der Waals surface area contributed by atoms with Gasteiger partial charge in [-0.2, -0.15) is 0 Å². The number of aliphatic hydroxyl groups excluding tert-OH is 1. The van der Waals surface area contributed by atoms with Crippen molar-refractivity contribution in [3.05, 3.63) is 64.7 Å². The van der Waals surface area contributed by atoms with Crippen molar-refractivity contribution in [1.82, 2.24) is 10.3 Å². The maximum atomic E-state index is 9.68. The molecule has 0 bridgehead atoms. The standard InChI is InChI=1S/C25H30ClN3O2/c1-31-23-8-7-20-13-21(15-27-10-9-18-4-2-6-22(26)12-18)25(28-24(20)14-23)29-11-3-5-19(16-29)17-30/h2,4,6-8,12-14,19,27,30H,3,5,9-11,15-17H2,1H3. The number of methoxy groups -OCH3 is 1. The van der Waals surface area contributed by atoms with Crippen molar-refractivity contribution in [2.24, 2.45) is 5.92 Å². The van der Waals surface area contributed by atoms with Gasteiger partial charge in [-0.05, 0) is 67.6 Å². The number of hydrogen-bond donors (Lipinski definition) is 2. The van der Waals surface area contributed by atoms with Gasteiger partial charge < -0.3 is 20.1 Å². The van der Waals surface area contributed by atoms with Crippen molar-refractivity contribution in [1.29, 1.82) is 0 Å². The minimum atomic E-state index is 0.227. The number of pyridine rings is 1. The maximum Gasteiger partial charge on any atom is 0.133 e. The second-order valence-corrected chi connectivity index (χ2v) is 8.66. The highest BCUT2D eigenvalue weighted by Crippen LogP contribution is 2.29. The Kier molecular flexibility index (Phi) is 7.28. The predicted octanol–water partition coefficient (Wildman–Crippen LogP) is 4.44. The van der Waals surface area contributed by atoms with Crippen molar-refractivity contribution in [3.63, 3.8) is 0 Å². The number of anilines is 1. The smallest absolute Gasteiger partial charge is 0.133 e. The minimum Gasteiger partial charge on any atom is -0.497 e. The third-order valence-electron chi connectivity index (χ3n) is 5.95. The number of ether oxygens (including phenoxy) is 1. The van der Waals surface area contributed by atoms with Crippen LogP contribution in [-0.2, 0) is 13.0 Å². The first-order valence-electron chi connectivity index (χ1n) is 10.9. The number of rotatable bonds is 8. The molecule has 2 aromatic carbocycles. The lowest BCUT2D eigenvalue weighted by Crippen LogP contribution is -2.38. The zero-order chi connectivity index (χ0) is 21.6. The van der Waals surface area contributed by atoms with Gasteiger partial charge in [0, 0.05) is 48.3 Å². The van der Waals surface area contributed by atoms with Gasteiger partial charge in [0.25, 0.3) is 0 Å². The SMILES string of the molecule is COc1ccc2cc(CNCCc3cccc(Cl)c3)c(N3CCCC(CO)C3)nc2c1. The third-order valence-corrected chi connectivity index (χ3v) is 6.19. The average Bonchev–Trinajstić information content (AvgIpc) is 2.81. The molecule has 0 aliphatic carbocycles. The number of aliphatic hydroxyl groups is 1. The van der Waals surface area contributed by atoms with E-state index in [0.717, 1.165) is 72.9 Å². The number of nitrogens with one attached hydrogen (secondary N) is 1. The van der Waals surface area contributed by atoms with Crippen molar-refractivity contribution in [2.75, 3.05) is 38.3 Å². The van der Waals surface area contributed by atoms with Gasteiger partial charge >= 0.3 is 0 Å². The molecular weight excluding hydrogens is 410 g/mol. The van der Waals surface area contributed by atoms with Gasteiger partial charge in [-0.3, -0.25) is 0 Å². The molecule has 2 N–H and O–H groups in total. The van der Waals surface area contributed by atoms with Gasteiger partial charge in [0.2, 0.25) is 0 Å². The summed E-state index contributed by atoms with van der Waals surface area (Å²) >= 11 is 6.10. The van der Waals surface area contributed by atoms with E-state index in [1.807, 2.05) is 30.3 Å². The summed E-state index contributed by atoms with van der Waals surface area (Å²) in [5.41, 5.74) is 3.34. The van der Waals surface area contributed by atoms with Crippen LogP contribution >= 0.6 is 11.6 Å². The van der Waals surface area contributed by atoms with Gasteiger partial charge in [0.05, 0.1) is 12.6 Å². The molecule has 1 saturated heterocycles. The number of nitrogens with zero attached hydrogens (tertiary/aromatic N) is 2. The van der Waals surface area contributed by atoms with Gasteiger partial charge in [0.15, 0.2) is 0 Å². The summed E-state index contributed by atoms with van der Waals surface area (Å²) in [6, 6.07) is 16.3. The van der Waals surface area contributed by atoms with Gasteiger partial charge in [-0.25, -0.2) is 4.98 Å². The molecule has 6 heteroatoms. The highest BCUT2D eigenvalue weighted by atomic mass is 35.5. The summed E-state index contributed by atoms with van der Waals surface area (Å²) in [7, 11) is 1.68. The van der Waals surface area contributed by atoms with Crippen LogP contribution in [0.25, 0.3) is 10.9 Å². The largest absolute Gasteiger partial charge is 0.497 e. The molecule has 1 fully saturated rings. The normalized spacial score (nSPS) is 16.6. The number of hydrogen-bond acceptors (Lipinski definition) is 5. The lowest BCUT2D eigenvalue weighted by Gasteiger charge is -2.34. The second-order valence-electron chi connectivity index (χ2n) is 8.22. The van der Waals surface area contributed by atoms with Crippen LogP contribution in [0.4, 0.5) is 5.82 Å². The van der Waals surface area contributed by atoms with Gasteiger partial charge in [0.1, 0.15) is 11.6 Å². The summed E-state index contributed by atoms with van der Waals surface area (Å²) in [5.74, 6) is 2.12. The Morgan fingerprint density at radius 2 is 2.13 bits per heavy atom. The third kappa shape index (κ3) is 5.48. The Morgan fingerprint density at radius 3 is 2.94 bits per heavy atom. The molecule has 1 aromatic heterocycles. The second kappa shape index (κ2) is 10.3. The summed E-state index contributed by atoms with van der Waals surface area (Å²) in [5, 5.41) is 15.1. The number of fused-ring (bicyclic) bond motifs is 1. The molecule has 0 amide bonds. The topological polar surface area (TPSA) is 57.6 Å². The highest BCUT2D eigenvalue weighted by molar-refractivity contribution is 6.30. The van der Waals surface area contributed by atoms with Crippen LogP contribution < -0.4 is 15.0 Å². The molecule has 1 aliphatic heterocycles. The van der Waals surface area contributed by atoms with E-state index in [2.05, 4.69) is 28.4 Å². The zero-order valence-electron chi connectivity index (χ0n) is 18.0. The van der Waals surface area contributed by atoms with E-state index >= 15 is 0 Å². The molecule has 1 unspecified atom stereocenters. The first-order chi connectivity index (χ1) is 15.2. The first-order valence-corrected chi connectivity index (χ1v) is 11.3. The summed E-state index contributed by atoms with van der Waals surface area (Å²) in [4.78, 5) is 7.36. The van der Waals surface area contributed by atoms with Crippen LogP contribution in [0.1, 0.15) is 24.0 Å². The fourth-order valence-electron chi connectivity index (χ4n) is 4.27. The van der Waals surface area contributed by atoms with Gasteiger partial charge in [-0.15, -0.1) is 0 Å². The lowest BCUT2D eigenvalue weighted by molar-refractivity contribution is 0.208. The predicted molar refractivity (Wildman–Crippen MR) is 127 cm³/mol. The van der Waals surface area contributed by atoms with Crippen molar-refractivity contribution in [3.8, 4) is 5.75 Å². The molecule has 4 rings (SSSR count). The summed E-state index contributed by atoms with van der Waals surface area (Å²) in [6.07, 6.45) is 3.07. The van der Waals surface area contributed by atoms with Crippen molar-refractivity contribution < 1.29 is 9.84 Å². The van der Waals surface area contributed by atoms with Crippen LogP contribution in [0.3, 0.4) is 0 Å². The molecule has 0 spiro atoms. The summed E-state index contributed by atoms with van der Waals surface area (Å²) in [6.45, 7) is 3.64. The van der Waals surface area contributed by atoms with E-state index in [1.165, 1.54) is 11.1 Å². The monoisotopic (exact) mass is 439 g/mol. The summed E-state index contributed by atoms with van der Waals surface area (Å²) < 4.78 is 5.39. The first kappa shape index (κ1) is 21.9. The van der Waals surface area contributed by atoms with Crippen molar-refractivity contribution >= 4 is 28.3 Å². The van der Waals surface area contributed by atoms with E-state index in [0.29, 0.717) is 5.92 Å². The average molecular weight is 440 g/mol. The van der Waals surface area contributed by atoms with E-state index in [1.54, 1.807) is 7.11 Å². The molecule has 5 nitrogen and oxygen atoms in total. The molecule has 0 radical (unpaired) electrons. The van der Waals surface area contributed by atoms with Crippen molar-refractivity contribution in [2.45, 2.75) is 25.8 Å². The number of benzene rings is 2. The quantitative estimate of drug-likeness (QED) is 0.508. The zero-order valence-corrected chi connectivity index (χ0v) is 18.7. The molecule has 31 heavy (non-hydrogen) atoms. The van der Waals surface area contributed by atoms with Crippen LogP contribution in [0.5, 0.6) is 5.75 Å². The van der Waals surface area contributed by atoms with E-state index < -0.39 is 0 Å². The Labute approximate surface area is 189 Å². The molecule has 1 aliphatic rings. The molecule has 2 heterocycles. The fraction of sp³-hybridized carbons (Fsp3) is 0.400. The van der Waals surface area contributed by atoms with E-state index in [9.17, 15) is 5.11 Å². The maximum absolute atomic E-state index is 9.68.